The Labute approximate surface area is 198 Å². The number of morpholine rings is 1. The molecule has 3 aromatic rings. The van der Waals surface area contributed by atoms with E-state index in [2.05, 4.69) is 53.3 Å². The van der Waals surface area contributed by atoms with E-state index in [0.717, 1.165) is 18.7 Å². The number of nitro groups is 1. The van der Waals surface area contributed by atoms with Crippen molar-refractivity contribution in [2.75, 3.05) is 38.2 Å². The molecule has 1 unspecified atom stereocenters. The minimum atomic E-state index is -0.492. The van der Waals surface area contributed by atoms with Crippen molar-refractivity contribution in [1.82, 2.24) is 9.88 Å². The van der Waals surface area contributed by atoms with E-state index in [1.165, 1.54) is 11.6 Å². The minimum Gasteiger partial charge on any atom is -0.419 e. The van der Waals surface area contributed by atoms with Crippen LogP contribution in [-0.4, -0.2) is 47.7 Å². The lowest BCUT2D eigenvalue weighted by Gasteiger charge is -2.35. The molecule has 9 heteroatoms. The number of nitrogens with zero attached hydrogens (tertiary/aromatic N) is 4. The molecule has 0 amide bonds. The van der Waals surface area contributed by atoms with Gasteiger partial charge in [-0.15, -0.1) is 0 Å². The maximum Gasteiger partial charge on any atom is 0.282 e. The zero-order valence-electron chi connectivity index (χ0n) is 19.2. The monoisotopic (exact) mass is 461 g/mol. The number of nitrogens with one attached hydrogen (secondary N) is 1. The van der Waals surface area contributed by atoms with E-state index in [1.54, 1.807) is 18.2 Å². The van der Waals surface area contributed by atoms with Gasteiger partial charge in [0.05, 0.1) is 24.2 Å². The zero-order valence-corrected chi connectivity index (χ0v) is 19.2. The molecule has 0 aliphatic carbocycles. The van der Waals surface area contributed by atoms with Gasteiger partial charge in [-0.05, 0) is 23.1 Å². The number of hydrogen-bond acceptors (Lipinski definition) is 8. The van der Waals surface area contributed by atoms with Gasteiger partial charge in [-0.2, -0.15) is 10.2 Å². The number of oxazole rings is 1. The van der Waals surface area contributed by atoms with Crippen molar-refractivity contribution in [3.63, 3.8) is 0 Å². The number of nitro benzene ring substituents is 1. The van der Waals surface area contributed by atoms with Crippen LogP contribution in [0.5, 0.6) is 0 Å². The lowest BCUT2D eigenvalue weighted by molar-refractivity contribution is -0.384. The van der Waals surface area contributed by atoms with Crippen LogP contribution in [0, 0.1) is 21.4 Å². The number of benzene rings is 2. The molecule has 1 N–H and O–H groups in total. The normalized spacial score (nSPS) is 15.1. The first-order valence-electron chi connectivity index (χ1n) is 11.3. The summed E-state index contributed by atoms with van der Waals surface area (Å²) < 4.78 is 11.3. The number of hydrogen-bond donors (Lipinski definition) is 1. The average molecular weight is 462 g/mol. The molecule has 0 spiro atoms. The molecule has 1 aliphatic heterocycles. The summed E-state index contributed by atoms with van der Waals surface area (Å²) in [4.78, 5) is 17.5. The van der Waals surface area contributed by atoms with E-state index in [-0.39, 0.29) is 34.8 Å². The second-order valence-corrected chi connectivity index (χ2v) is 8.45. The first-order chi connectivity index (χ1) is 16.5. The van der Waals surface area contributed by atoms with Crippen LogP contribution < -0.4 is 5.32 Å². The van der Waals surface area contributed by atoms with Crippen molar-refractivity contribution < 1.29 is 14.1 Å². The van der Waals surface area contributed by atoms with Crippen molar-refractivity contribution >= 4 is 11.6 Å². The third-order valence-electron chi connectivity index (χ3n) is 5.99. The Kier molecular flexibility index (Phi) is 7.21. The number of rotatable bonds is 8. The summed E-state index contributed by atoms with van der Waals surface area (Å²) >= 11 is 0. The number of nitriles is 1. The Morgan fingerprint density at radius 3 is 2.47 bits per heavy atom. The molecule has 0 bridgehead atoms. The van der Waals surface area contributed by atoms with Crippen molar-refractivity contribution in [2.45, 2.75) is 25.8 Å². The number of anilines is 1. The van der Waals surface area contributed by atoms with Crippen LogP contribution in [-0.2, 0) is 4.74 Å². The molecule has 176 valence electrons. The van der Waals surface area contributed by atoms with Gasteiger partial charge in [-0.3, -0.25) is 15.0 Å². The highest BCUT2D eigenvalue weighted by Gasteiger charge is 2.25. The fourth-order valence-electron chi connectivity index (χ4n) is 4.08. The van der Waals surface area contributed by atoms with Gasteiger partial charge in [-0.1, -0.05) is 50.2 Å². The largest absolute Gasteiger partial charge is 0.419 e. The molecule has 4 rings (SSSR count). The topological polar surface area (TPSA) is 117 Å². The van der Waals surface area contributed by atoms with Crippen LogP contribution in [0.1, 0.15) is 42.6 Å². The summed E-state index contributed by atoms with van der Waals surface area (Å²) in [6.45, 7) is 7.71. The van der Waals surface area contributed by atoms with Crippen LogP contribution in [0.2, 0.25) is 0 Å². The molecule has 34 heavy (non-hydrogen) atoms. The molecule has 1 saturated heterocycles. The van der Waals surface area contributed by atoms with Crippen LogP contribution in [0.4, 0.5) is 11.6 Å². The lowest BCUT2D eigenvalue weighted by Crippen LogP contribution is -2.41. The Bertz CT molecular complexity index is 1180. The highest BCUT2D eigenvalue weighted by atomic mass is 16.6. The van der Waals surface area contributed by atoms with Crippen LogP contribution >= 0.6 is 0 Å². The average Bonchev–Trinajstić information content (AvgIpc) is 3.28. The zero-order chi connectivity index (χ0) is 24.1. The molecule has 1 aromatic heterocycles. The van der Waals surface area contributed by atoms with Crippen molar-refractivity contribution in [1.29, 1.82) is 5.26 Å². The van der Waals surface area contributed by atoms with E-state index in [9.17, 15) is 15.4 Å². The van der Waals surface area contributed by atoms with Gasteiger partial charge < -0.3 is 14.5 Å². The molecule has 1 aliphatic rings. The molecular weight excluding hydrogens is 434 g/mol. The smallest absolute Gasteiger partial charge is 0.282 e. The first-order valence-corrected chi connectivity index (χ1v) is 11.3. The molecule has 9 nitrogen and oxygen atoms in total. The Morgan fingerprint density at radius 1 is 1.15 bits per heavy atom. The van der Waals surface area contributed by atoms with Gasteiger partial charge in [0.25, 0.3) is 5.69 Å². The van der Waals surface area contributed by atoms with E-state index in [0.29, 0.717) is 25.7 Å². The van der Waals surface area contributed by atoms with Crippen LogP contribution in [0.25, 0.3) is 11.5 Å². The summed E-state index contributed by atoms with van der Waals surface area (Å²) in [7, 11) is 0. The lowest BCUT2D eigenvalue weighted by atomic mass is 9.98. The number of para-hydroxylation sites is 1. The maximum atomic E-state index is 11.4. The summed E-state index contributed by atoms with van der Waals surface area (Å²) in [6, 6.07) is 16.8. The number of ether oxygens (including phenoxy) is 1. The summed E-state index contributed by atoms with van der Waals surface area (Å²) in [5, 5.41) is 24.2. The van der Waals surface area contributed by atoms with Gasteiger partial charge >= 0.3 is 0 Å². The van der Waals surface area contributed by atoms with Crippen molar-refractivity contribution in [2.24, 2.45) is 0 Å². The van der Waals surface area contributed by atoms with Crippen LogP contribution in [0.3, 0.4) is 0 Å². The third-order valence-corrected chi connectivity index (χ3v) is 5.99. The first kappa shape index (κ1) is 23.4. The van der Waals surface area contributed by atoms with Gasteiger partial charge in [0.15, 0.2) is 0 Å². The quantitative estimate of drug-likeness (QED) is 0.378. The van der Waals surface area contributed by atoms with E-state index in [1.807, 2.05) is 6.07 Å². The second-order valence-electron chi connectivity index (χ2n) is 8.45. The highest BCUT2D eigenvalue weighted by molar-refractivity contribution is 5.68. The second kappa shape index (κ2) is 10.5. The molecule has 2 aromatic carbocycles. The molecule has 2 heterocycles. The fraction of sp³-hybridized carbons (Fsp3) is 0.360. The number of aromatic nitrogens is 1. The van der Waals surface area contributed by atoms with E-state index < -0.39 is 4.92 Å². The predicted octanol–water partition coefficient (Wildman–Crippen LogP) is 4.73. The highest BCUT2D eigenvalue weighted by Crippen LogP contribution is 2.33. The molecule has 0 radical (unpaired) electrons. The Balaban J connectivity index is 1.60. The van der Waals surface area contributed by atoms with E-state index >= 15 is 0 Å². The van der Waals surface area contributed by atoms with Gasteiger partial charge in [0.1, 0.15) is 11.6 Å². The summed E-state index contributed by atoms with van der Waals surface area (Å²) in [6.07, 6.45) is 0. The third kappa shape index (κ3) is 5.09. The van der Waals surface area contributed by atoms with Crippen LogP contribution in [0.15, 0.2) is 52.9 Å². The van der Waals surface area contributed by atoms with Crippen molar-refractivity contribution in [3.8, 4) is 17.5 Å². The van der Waals surface area contributed by atoms with Crippen molar-refractivity contribution in [3.05, 3.63) is 75.5 Å². The standard InChI is InChI=1S/C25H27N5O4/c1-17(2)18-7-9-19(10-8-18)23(29-11-13-33-14-12-29)16-27-25-21(15-26)28-24(34-25)20-5-3-4-6-22(20)30(31)32/h3-10,17,23,27H,11-14,16H2,1-2H3. The van der Waals surface area contributed by atoms with E-state index in [4.69, 9.17) is 9.15 Å². The predicted molar refractivity (Wildman–Crippen MR) is 127 cm³/mol. The van der Waals surface area contributed by atoms with Gasteiger partial charge in [0.2, 0.25) is 17.5 Å². The molecular formula is C25H27N5O4. The van der Waals surface area contributed by atoms with Gasteiger partial charge in [0, 0.05) is 25.7 Å². The maximum absolute atomic E-state index is 11.4. The summed E-state index contributed by atoms with van der Waals surface area (Å²) in [5.74, 6) is 0.685. The minimum absolute atomic E-state index is 0.0243. The Morgan fingerprint density at radius 2 is 1.82 bits per heavy atom. The SMILES string of the molecule is CC(C)c1ccc(C(CNc2oc(-c3ccccc3[N+](=O)[O-])nc2C#N)N2CCOCC2)cc1. The fourth-order valence-corrected chi connectivity index (χ4v) is 4.08. The molecule has 0 saturated carbocycles. The molecule has 1 fully saturated rings. The summed E-state index contributed by atoms with van der Waals surface area (Å²) in [5.41, 5.74) is 2.58. The Hall–Kier alpha value is -3.74. The van der Waals surface area contributed by atoms with Gasteiger partial charge in [-0.25, -0.2) is 0 Å². The molecule has 1 atom stereocenters.